The lowest BCUT2D eigenvalue weighted by Crippen LogP contribution is -2.42. The van der Waals surface area contributed by atoms with Crippen LogP contribution in [0, 0.1) is 0 Å². The zero-order valence-electron chi connectivity index (χ0n) is 10.9. The minimum Gasteiger partial charge on any atom is -0.382 e. The Balaban J connectivity index is 1.96. The molecule has 2 unspecified atom stereocenters. The third-order valence-electron chi connectivity index (χ3n) is 3.60. The van der Waals surface area contributed by atoms with Crippen LogP contribution in [0.3, 0.4) is 0 Å². The van der Waals surface area contributed by atoms with Gasteiger partial charge < -0.3 is 15.5 Å². The number of nitrogens with zero attached hydrogens (tertiary/aromatic N) is 2. The fraction of sp³-hybridized carbons (Fsp3) is 0.615. The van der Waals surface area contributed by atoms with Gasteiger partial charge in [0.15, 0.2) is 0 Å². The predicted molar refractivity (Wildman–Crippen MR) is 72.5 cm³/mol. The van der Waals surface area contributed by atoms with Gasteiger partial charge in [-0.05, 0) is 32.9 Å². The highest BCUT2D eigenvalue weighted by Gasteiger charge is 2.22. The Morgan fingerprint density at radius 1 is 1.47 bits per heavy atom. The predicted octanol–water partition coefficient (Wildman–Crippen LogP) is 2.02. The Labute approximate surface area is 103 Å². The van der Waals surface area contributed by atoms with E-state index >= 15 is 0 Å². The minimum atomic E-state index is 0.577. The molecule has 1 aliphatic heterocycles. The second-order valence-electron chi connectivity index (χ2n) is 4.88. The van der Waals surface area contributed by atoms with Crippen molar-refractivity contribution < 1.29 is 0 Å². The Morgan fingerprint density at radius 3 is 3.00 bits per heavy atom. The Morgan fingerprint density at radius 2 is 2.29 bits per heavy atom. The summed E-state index contributed by atoms with van der Waals surface area (Å²) in [6.07, 6.45) is 4.25. The molecule has 1 aromatic heterocycles. The van der Waals surface area contributed by atoms with Gasteiger partial charge in [-0.25, -0.2) is 4.98 Å². The first kappa shape index (κ1) is 12.2. The van der Waals surface area contributed by atoms with Crippen LogP contribution in [0.15, 0.2) is 18.3 Å². The molecule has 0 spiro atoms. The normalized spacial score (nSPS) is 25.6. The number of hydrogen-bond acceptors (Lipinski definition) is 4. The highest BCUT2D eigenvalue weighted by atomic mass is 15.1. The summed E-state index contributed by atoms with van der Waals surface area (Å²) in [5.74, 6) is 0.913. The van der Waals surface area contributed by atoms with E-state index < -0.39 is 0 Å². The molecule has 0 aliphatic carbocycles. The van der Waals surface area contributed by atoms with E-state index in [4.69, 9.17) is 0 Å². The standard InChI is InChI=1S/C13H22N4/c1-10-8-12(5-7-17(10)3)16-11-4-6-15-13(9-11)14-2/h4,6,9-10,12H,5,7-8H2,1-3H3,(H2,14,15,16). The van der Waals surface area contributed by atoms with Gasteiger partial charge in [0.05, 0.1) is 0 Å². The molecule has 4 heteroatoms. The average Bonchev–Trinajstić information content (AvgIpc) is 2.34. The molecule has 2 N–H and O–H groups in total. The maximum atomic E-state index is 4.22. The number of pyridine rings is 1. The molecule has 2 atom stereocenters. The van der Waals surface area contributed by atoms with Gasteiger partial charge in [0, 0.05) is 43.6 Å². The van der Waals surface area contributed by atoms with Gasteiger partial charge in [-0.3, -0.25) is 0 Å². The van der Waals surface area contributed by atoms with Crippen LogP contribution in [0.1, 0.15) is 19.8 Å². The number of anilines is 2. The maximum Gasteiger partial charge on any atom is 0.127 e. The van der Waals surface area contributed by atoms with E-state index in [-0.39, 0.29) is 0 Å². The van der Waals surface area contributed by atoms with Crippen molar-refractivity contribution in [3.63, 3.8) is 0 Å². The summed E-state index contributed by atoms with van der Waals surface area (Å²) in [6.45, 7) is 3.46. The second kappa shape index (κ2) is 5.36. The van der Waals surface area contributed by atoms with Crippen LogP contribution in [0.4, 0.5) is 11.5 Å². The summed E-state index contributed by atoms with van der Waals surface area (Å²) in [6, 6.07) is 5.33. The topological polar surface area (TPSA) is 40.2 Å². The van der Waals surface area contributed by atoms with Crippen LogP contribution in [0.2, 0.25) is 0 Å². The molecular weight excluding hydrogens is 212 g/mol. The SMILES string of the molecule is CNc1cc(NC2CCN(C)C(C)C2)ccn1. The first-order valence-electron chi connectivity index (χ1n) is 6.29. The number of aromatic nitrogens is 1. The van der Waals surface area contributed by atoms with Gasteiger partial charge in [0.1, 0.15) is 5.82 Å². The molecule has 0 saturated carbocycles. The third kappa shape index (κ3) is 3.09. The van der Waals surface area contributed by atoms with Crippen molar-refractivity contribution in [1.82, 2.24) is 9.88 Å². The number of hydrogen-bond donors (Lipinski definition) is 2. The summed E-state index contributed by atoms with van der Waals surface area (Å²) >= 11 is 0. The lowest BCUT2D eigenvalue weighted by Gasteiger charge is -2.35. The van der Waals surface area contributed by atoms with Gasteiger partial charge in [-0.15, -0.1) is 0 Å². The summed E-state index contributed by atoms with van der Waals surface area (Å²) in [5.41, 5.74) is 1.16. The zero-order chi connectivity index (χ0) is 12.3. The molecular formula is C13H22N4. The van der Waals surface area contributed by atoms with Crippen molar-refractivity contribution in [3.8, 4) is 0 Å². The molecule has 0 radical (unpaired) electrons. The van der Waals surface area contributed by atoms with E-state index in [1.54, 1.807) is 0 Å². The molecule has 1 fully saturated rings. The smallest absolute Gasteiger partial charge is 0.127 e. The van der Waals surface area contributed by atoms with Crippen molar-refractivity contribution in [3.05, 3.63) is 18.3 Å². The Hall–Kier alpha value is -1.29. The van der Waals surface area contributed by atoms with Crippen LogP contribution >= 0.6 is 0 Å². The fourth-order valence-corrected chi connectivity index (χ4v) is 2.31. The van der Waals surface area contributed by atoms with Crippen molar-refractivity contribution in [2.75, 3.05) is 31.3 Å². The lowest BCUT2D eigenvalue weighted by molar-refractivity contribution is 0.190. The molecule has 94 valence electrons. The molecule has 17 heavy (non-hydrogen) atoms. The third-order valence-corrected chi connectivity index (χ3v) is 3.60. The van der Waals surface area contributed by atoms with Crippen LogP contribution < -0.4 is 10.6 Å². The van der Waals surface area contributed by atoms with Crippen LogP contribution in [0.5, 0.6) is 0 Å². The second-order valence-corrected chi connectivity index (χ2v) is 4.88. The quantitative estimate of drug-likeness (QED) is 0.839. The first-order valence-corrected chi connectivity index (χ1v) is 6.29. The van der Waals surface area contributed by atoms with Gasteiger partial charge in [-0.2, -0.15) is 0 Å². The van der Waals surface area contributed by atoms with E-state index in [9.17, 15) is 0 Å². The largest absolute Gasteiger partial charge is 0.382 e. The maximum absolute atomic E-state index is 4.22. The van der Waals surface area contributed by atoms with Crippen LogP contribution in [0.25, 0.3) is 0 Å². The van der Waals surface area contributed by atoms with Crippen molar-refractivity contribution in [1.29, 1.82) is 0 Å². The molecule has 2 heterocycles. The zero-order valence-corrected chi connectivity index (χ0v) is 10.9. The summed E-state index contributed by atoms with van der Waals surface area (Å²) < 4.78 is 0. The van der Waals surface area contributed by atoms with Crippen molar-refractivity contribution in [2.24, 2.45) is 0 Å². The number of likely N-dealkylation sites (tertiary alicyclic amines) is 1. The summed E-state index contributed by atoms with van der Waals surface area (Å²) in [5, 5.41) is 6.66. The van der Waals surface area contributed by atoms with Gasteiger partial charge >= 0.3 is 0 Å². The van der Waals surface area contributed by atoms with E-state index in [0.29, 0.717) is 12.1 Å². The molecule has 4 nitrogen and oxygen atoms in total. The summed E-state index contributed by atoms with van der Waals surface area (Å²) in [7, 11) is 4.09. The van der Waals surface area contributed by atoms with Crippen LogP contribution in [-0.4, -0.2) is 42.6 Å². The fourth-order valence-electron chi connectivity index (χ4n) is 2.31. The van der Waals surface area contributed by atoms with Gasteiger partial charge in [-0.1, -0.05) is 0 Å². The number of nitrogens with one attached hydrogen (secondary N) is 2. The molecule has 1 aromatic rings. The number of rotatable bonds is 3. The van der Waals surface area contributed by atoms with Gasteiger partial charge in [0.2, 0.25) is 0 Å². The minimum absolute atomic E-state index is 0.577. The average molecular weight is 234 g/mol. The van der Waals surface area contributed by atoms with E-state index in [1.165, 1.54) is 19.4 Å². The Bertz CT molecular complexity index is 366. The molecule has 2 rings (SSSR count). The van der Waals surface area contributed by atoms with E-state index in [1.807, 2.05) is 19.3 Å². The monoisotopic (exact) mass is 234 g/mol. The van der Waals surface area contributed by atoms with Crippen molar-refractivity contribution >= 4 is 11.5 Å². The highest BCUT2D eigenvalue weighted by Crippen LogP contribution is 2.20. The lowest BCUT2D eigenvalue weighted by atomic mass is 9.99. The first-order chi connectivity index (χ1) is 8.19. The highest BCUT2D eigenvalue weighted by molar-refractivity contribution is 5.52. The van der Waals surface area contributed by atoms with Crippen molar-refractivity contribution in [2.45, 2.75) is 31.8 Å². The summed E-state index contributed by atoms with van der Waals surface area (Å²) in [4.78, 5) is 6.64. The van der Waals surface area contributed by atoms with E-state index in [0.717, 1.165) is 11.5 Å². The Kier molecular flexibility index (Phi) is 3.84. The van der Waals surface area contributed by atoms with E-state index in [2.05, 4.69) is 40.6 Å². The molecule has 0 aromatic carbocycles. The molecule has 0 bridgehead atoms. The van der Waals surface area contributed by atoms with Crippen LogP contribution in [-0.2, 0) is 0 Å². The van der Waals surface area contributed by atoms with Gasteiger partial charge in [0.25, 0.3) is 0 Å². The molecule has 1 saturated heterocycles. The molecule has 1 aliphatic rings. The number of piperidine rings is 1. The molecule has 0 amide bonds.